The summed E-state index contributed by atoms with van der Waals surface area (Å²) in [7, 11) is 0. The first-order valence-corrected chi connectivity index (χ1v) is 6.22. The summed E-state index contributed by atoms with van der Waals surface area (Å²) in [6.07, 6.45) is -1.69. The molecule has 19 heavy (non-hydrogen) atoms. The van der Waals surface area contributed by atoms with Crippen LogP contribution in [0.5, 0.6) is 0 Å². The van der Waals surface area contributed by atoms with Crippen molar-refractivity contribution < 1.29 is 13.5 Å². The molecule has 0 radical (unpaired) electrons. The monoisotopic (exact) mass is 268 g/mol. The first-order chi connectivity index (χ1) is 9.14. The predicted molar refractivity (Wildman–Crippen MR) is 68.8 cm³/mol. The van der Waals surface area contributed by atoms with Crippen molar-refractivity contribution in [2.45, 2.75) is 25.3 Å². The quantitative estimate of drug-likeness (QED) is 0.788. The van der Waals surface area contributed by atoms with E-state index >= 15 is 0 Å². The third-order valence-corrected chi connectivity index (χ3v) is 2.70. The molecule has 0 aromatic heterocycles. The number of benzene rings is 1. The Hall–Kier alpha value is -1.51. The van der Waals surface area contributed by atoms with Gasteiger partial charge in [-0.3, -0.25) is 5.32 Å². The predicted octanol–water partition coefficient (Wildman–Crippen LogP) is 2.69. The molecule has 0 aliphatic heterocycles. The van der Waals surface area contributed by atoms with Crippen LogP contribution in [0.4, 0.5) is 8.78 Å². The van der Waals surface area contributed by atoms with E-state index in [0.29, 0.717) is 6.54 Å². The van der Waals surface area contributed by atoms with Gasteiger partial charge < -0.3 is 4.74 Å². The van der Waals surface area contributed by atoms with Crippen LogP contribution < -0.4 is 5.32 Å². The molecular formula is C14H18F2N2O. The number of ether oxygens (including phenoxy) is 1. The van der Waals surface area contributed by atoms with Gasteiger partial charge in [0.15, 0.2) is 5.54 Å². The van der Waals surface area contributed by atoms with Crippen LogP contribution in [0.1, 0.15) is 18.9 Å². The molecule has 0 amide bonds. The minimum Gasteiger partial charge on any atom is -0.372 e. The lowest BCUT2D eigenvalue weighted by atomic mass is 9.92. The summed E-state index contributed by atoms with van der Waals surface area (Å²) in [5.41, 5.74) is -0.355. The molecule has 0 spiro atoms. The Bertz CT molecular complexity index is 406. The summed E-state index contributed by atoms with van der Waals surface area (Å²) >= 11 is 0. The van der Waals surface area contributed by atoms with Crippen LogP contribution in [0.25, 0.3) is 0 Å². The molecule has 1 N–H and O–H groups in total. The molecule has 0 aliphatic rings. The summed E-state index contributed by atoms with van der Waals surface area (Å²) in [4.78, 5) is 0. The Balaban J connectivity index is 2.86. The molecule has 1 aromatic rings. The van der Waals surface area contributed by atoms with Crippen molar-refractivity contribution in [3.8, 4) is 6.07 Å². The lowest BCUT2D eigenvalue weighted by Crippen LogP contribution is -2.45. The highest BCUT2D eigenvalue weighted by Crippen LogP contribution is 2.21. The van der Waals surface area contributed by atoms with Gasteiger partial charge in [-0.2, -0.15) is 5.26 Å². The van der Waals surface area contributed by atoms with E-state index in [9.17, 15) is 14.0 Å². The third-order valence-electron chi connectivity index (χ3n) is 2.70. The zero-order valence-corrected chi connectivity index (χ0v) is 10.9. The molecule has 3 nitrogen and oxygen atoms in total. The summed E-state index contributed by atoms with van der Waals surface area (Å²) in [6, 6.07) is 11.2. The minimum atomic E-state index is -2.53. The average Bonchev–Trinajstić information content (AvgIpc) is 2.43. The van der Waals surface area contributed by atoms with Gasteiger partial charge in [0, 0.05) is 0 Å². The Morgan fingerprint density at radius 1 is 1.37 bits per heavy atom. The first kappa shape index (κ1) is 15.5. The molecule has 1 unspecified atom stereocenters. The highest BCUT2D eigenvalue weighted by molar-refractivity contribution is 5.31. The van der Waals surface area contributed by atoms with Gasteiger partial charge in [0.25, 0.3) is 6.43 Å². The normalized spacial score (nSPS) is 14.1. The molecule has 1 rings (SSSR count). The van der Waals surface area contributed by atoms with Gasteiger partial charge in [-0.15, -0.1) is 0 Å². The third kappa shape index (κ3) is 4.58. The molecule has 5 heteroatoms. The molecule has 0 bridgehead atoms. The molecule has 0 saturated heterocycles. The second-order valence-electron chi connectivity index (χ2n) is 4.22. The summed E-state index contributed by atoms with van der Waals surface area (Å²) in [6.45, 7) is 1.82. The average molecular weight is 268 g/mol. The maximum absolute atomic E-state index is 12.1. The van der Waals surface area contributed by atoms with Gasteiger partial charge in [-0.1, -0.05) is 37.3 Å². The van der Waals surface area contributed by atoms with E-state index < -0.39 is 18.6 Å². The van der Waals surface area contributed by atoms with Crippen LogP contribution in [-0.4, -0.2) is 26.2 Å². The zero-order chi connectivity index (χ0) is 14.1. The fraction of sp³-hybridized carbons (Fsp3) is 0.500. The lowest BCUT2D eigenvalue weighted by molar-refractivity contribution is -0.0000687. The van der Waals surface area contributed by atoms with Gasteiger partial charge in [-0.05, 0) is 18.5 Å². The number of rotatable bonds is 8. The zero-order valence-electron chi connectivity index (χ0n) is 10.9. The fourth-order valence-corrected chi connectivity index (χ4v) is 1.73. The SMILES string of the molecule is CCCNC(C#N)(COCC(F)F)c1ccccc1. The van der Waals surface area contributed by atoms with Crippen LogP contribution in [0.2, 0.25) is 0 Å². The Labute approximate surface area is 112 Å². The van der Waals surface area contributed by atoms with Crippen molar-refractivity contribution in [2.24, 2.45) is 0 Å². The summed E-state index contributed by atoms with van der Waals surface area (Å²) < 4.78 is 29.2. The van der Waals surface area contributed by atoms with Crippen molar-refractivity contribution in [3.05, 3.63) is 35.9 Å². The van der Waals surface area contributed by atoms with E-state index in [1.807, 2.05) is 25.1 Å². The van der Waals surface area contributed by atoms with Crippen molar-refractivity contribution in [1.29, 1.82) is 5.26 Å². The number of hydrogen-bond donors (Lipinski definition) is 1. The van der Waals surface area contributed by atoms with Crippen molar-refractivity contribution >= 4 is 0 Å². The summed E-state index contributed by atoms with van der Waals surface area (Å²) in [5.74, 6) is 0. The highest BCUT2D eigenvalue weighted by Gasteiger charge is 2.32. The van der Waals surface area contributed by atoms with E-state index in [2.05, 4.69) is 11.4 Å². The smallest absolute Gasteiger partial charge is 0.261 e. The van der Waals surface area contributed by atoms with E-state index in [1.165, 1.54) is 0 Å². The Morgan fingerprint density at radius 2 is 2.05 bits per heavy atom. The van der Waals surface area contributed by atoms with Crippen LogP contribution in [-0.2, 0) is 10.3 Å². The Kier molecular flexibility index (Phi) is 6.40. The molecule has 0 aliphatic carbocycles. The van der Waals surface area contributed by atoms with Gasteiger partial charge in [0.2, 0.25) is 0 Å². The molecule has 1 atom stereocenters. The van der Waals surface area contributed by atoms with Crippen LogP contribution in [0, 0.1) is 11.3 Å². The molecule has 0 fully saturated rings. The lowest BCUT2D eigenvalue weighted by Gasteiger charge is -2.28. The molecule has 1 aromatic carbocycles. The molecule has 0 saturated carbocycles. The van der Waals surface area contributed by atoms with Gasteiger partial charge in [0.05, 0.1) is 12.7 Å². The van der Waals surface area contributed by atoms with Gasteiger partial charge >= 0.3 is 0 Å². The second-order valence-corrected chi connectivity index (χ2v) is 4.22. The van der Waals surface area contributed by atoms with Crippen LogP contribution in [0.3, 0.4) is 0 Å². The van der Waals surface area contributed by atoms with E-state index in [4.69, 9.17) is 4.74 Å². The van der Waals surface area contributed by atoms with Crippen LogP contribution in [0.15, 0.2) is 30.3 Å². The maximum atomic E-state index is 12.1. The van der Waals surface area contributed by atoms with Crippen LogP contribution >= 0.6 is 0 Å². The number of nitrogens with one attached hydrogen (secondary N) is 1. The number of hydrogen-bond acceptors (Lipinski definition) is 3. The fourth-order valence-electron chi connectivity index (χ4n) is 1.73. The van der Waals surface area contributed by atoms with E-state index in [-0.39, 0.29) is 6.61 Å². The molecule has 104 valence electrons. The molecule has 0 heterocycles. The van der Waals surface area contributed by atoms with Crippen molar-refractivity contribution in [3.63, 3.8) is 0 Å². The van der Waals surface area contributed by atoms with E-state index in [1.54, 1.807) is 12.1 Å². The van der Waals surface area contributed by atoms with Gasteiger partial charge in [0.1, 0.15) is 6.61 Å². The summed E-state index contributed by atoms with van der Waals surface area (Å²) in [5, 5.41) is 12.5. The van der Waals surface area contributed by atoms with E-state index in [0.717, 1.165) is 12.0 Å². The number of nitriles is 1. The number of alkyl halides is 2. The van der Waals surface area contributed by atoms with Crippen molar-refractivity contribution in [1.82, 2.24) is 5.32 Å². The standard InChI is InChI=1S/C14H18F2N2O/c1-2-8-18-14(10-17,11-19-9-13(15)16)12-6-4-3-5-7-12/h3-7,13,18H,2,8-9,11H2,1H3. The minimum absolute atomic E-state index is 0.0994. The highest BCUT2D eigenvalue weighted by atomic mass is 19.3. The largest absolute Gasteiger partial charge is 0.372 e. The number of nitrogens with zero attached hydrogens (tertiary/aromatic N) is 1. The maximum Gasteiger partial charge on any atom is 0.261 e. The Morgan fingerprint density at radius 3 is 2.58 bits per heavy atom. The van der Waals surface area contributed by atoms with Gasteiger partial charge in [-0.25, -0.2) is 8.78 Å². The number of halogens is 2. The molecular weight excluding hydrogens is 250 g/mol. The second kappa shape index (κ2) is 7.82. The topological polar surface area (TPSA) is 45.0 Å². The van der Waals surface area contributed by atoms with Crippen molar-refractivity contribution in [2.75, 3.05) is 19.8 Å². The first-order valence-electron chi connectivity index (χ1n) is 6.22.